The highest BCUT2D eigenvalue weighted by molar-refractivity contribution is 8.21. The maximum absolute atomic E-state index is 5.86. The van der Waals surface area contributed by atoms with E-state index < -0.39 is 0 Å². The Kier molecular flexibility index (Phi) is 19.1. The average molecular weight is 389 g/mol. The van der Waals surface area contributed by atoms with Gasteiger partial charge in [-0.1, -0.05) is 91.3 Å². The predicted octanol–water partition coefficient (Wildman–Crippen LogP) is 7.28. The Balaban J connectivity index is 4.52. The monoisotopic (exact) mass is 388 g/mol. The summed E-state index contributed by atoms with van der Waals surface area (Å²) in [7, 11) is 0. The van der Waals surface area contributed by atoms with E-state index in [0.29, 0.717) is 0 Å². The number of hydrogen-bond donors (Lipinski definition) is 0. The fourth-order valence-corrected chi connectivity index (χ4v) is 4.31. The summed E-state index contributed by atoms with van der Waals surface area (Å²) in [5.74, 6) is 0. The molecule has 0 heterocycles. The van der Waals surface area contributed by atoms with Gasteiger partial charge in [-0.15, -0.1) is 0 Å². The van der Waals surface area contributed by atoms with Gasteiger partial charge in [0.1, 0.15) is 0 Å². The minimum atomic E-state index is 1.11. The Hall–Kier alpha value is 0.200. The van der Waals surface area contributed by atoms with Crippen molar-refractivity contribution in [1.82, 2.24) is 9.21 Å². The Morgan fingerprint density at radius 1 is 0.600 bits per heavy atom. The lowest BCUT2D eigenvalue weighted by atomic mass is 10.2. The standard InChI is InChI=1S/C21H44N2S2/c1-5-9-13-17-22(18-14-10-6-2)21(24)25-23(19-15-11-7-3)20-16-12-8-4/h5-20H2,1-4H3. The van der Waals surface area contributed by atoms with Crippen LogP contribution >= 0.6 is 24.2 Å². The van der Waals surface area contributed by atoms with Gasteiger partial charge in [0.2, 0.25) is 0 Å². The zero-order valence-corrected chi connectivity index (χ0v) is 19.2. The van der Waals surface area contributed by atoms with Gasteiger partial charge in [0.25, 0.3) is 0 Å². The Bertz CT molecular complexity index is 278. The molecule has 0 rings (SSSR count). The summed E-state index contributed by atoms with van der Waals surface area (Å²) < 4.78 is 3.65. The maximum Gasteiger partial charge on any atom is 0.151 e. The van der Waals surface area contributed by atoms with Crippen molar-refractivity contribution in [2.75, 3.05) is 26.2 Å². The van der Waals surface area contributed by atoms with Gasteiger partial charge in [0.15, 0.2) is 4.32 Å². The summed E-state index contributed by atoms with van der Waals surface area (Å²) in [4.78, 5) is 2.48. The lowest BCUT2D eigenvalue weighted by molar-refractivity contribution is 0.398. The topological polar surface area (TPSA) is 6.48 Å². The number of thiocarbonyl (C=S) groups is 1. The highest BCUT2D eigenvalue weighted by Gasteiger charge is 2.14. The van der Waals surface area contributed by atoms with Crippen molar-refractivity contribution in [2.24, 2.45) is 0 Å². The van der Waals surface area contributed by atoms with Gasteiger partial charge in [-0.2, -0.15) is 0 Å². The van der Waals surface area contributed by atoms with E-state index >= 15 is 0 Å². The molecule has 150 valence electrons. The second kappa shape index (κ2) is 19.0. The van der Waals surface area contributed by atoms with Gasteiger partial charge in [0, 0.05) is 26.2 Å². The van der Waals surface area contributed by atoms with E-state index in [-0.39, 0.29) is 0 Å². The normalized spacial score (nSPS) is 11.2. The Morgan fingerprint density at radius 3 is 1.32 bits per heavy atom. The summed E-state index contributed by atoms with van der Waals surface area (Å²) in [6, 6.07) is 0. The highest BCUT2D eigenvalue weighted by atomic mass is 32.2. The van der Waals surface area contributed by atoms with Gasteiger partial charge >= 0.3 is 0 Å². The van der Waals surface area contributed by atoms with E-state index in [1.54, 1.807) is 0 Å². The molecule has 0 aliphatic carbocycles. The van der Waals surface area contributed by atoms with Crippen molar-refractivity contribution in [3.8, 4) is 0 Å². The van der Waals surface area contributed by atoms with E-state index in [1.165, 1.54) is 90.1 Å². The van der Waals surface area contributed by atoms with Crippen LogP contribution in [0.2, 0.25) is 0 Å². The van der Waals surface area contributed by atoms with E-state index in [1.807, 2.05) is 11.9 Å². The fraction of sp³-hybridized carbons (Fsp3) is 0.952. The van der Waals surface area contributed by atoms with Crippen LogP contribution in [0.3, 0.4) is 0 Å². The van der Waals surface area contributed by atoms with E-state index in [4.69, 9.17) is 12.2 Å². The van der Waals surface area contributed by atoms with Crippen molar-refractivity contribution in [1.29, 1.82) is 0 Å². The van der Waals surface area contributed by atoms with Crippen molar-refractivity contribution < 1.29 is 0 Å². The molecule has 0 saturated carbocycles. The number of rotatable bonds is 17. The van der Waals surface area contributed by atoms with Crippen molar-refractivity contribution in [3.05, 3.63) is 0 Å². The van der Waals surface area contributed by atoms with Crippen molar-refractivity contribution >= 4 is 28.5 Å². The Labute approximate surface area is 168 Å². The van der Waals surface area contributed by atoms with Gasteiger partial charge in [0.05, 0.1) is 0 Å². The lowest BCUT2D eigenvalue weighted by Gasteiger charge is -2.29. The molecule has 0 aliphatic heterocycles. The lowest BCUT2D eigenvalue weighted by Crippen LogP contribution is -2.33. The molecule has 0 fully saturated rings. The largest absolute Gasteiger partial charge is 0.356 e. The van der Waals surface area contributed by atoms with E-state index in [2.05, 4.69) is 36.9 Å². The van der Waals surface area contributed by atoms with Crippen molar-refractivity contribution in [2.45, 2.75) is 105 Å². The first kappa shape index (κ1) is 25.2. The van der Waals surface area contributed by atoms with Crippen LogP contribution in [0.15, 0.2) is 0 Å². The zero-order valence-electron chi connectivity index (χ0n) is 17.5. The maximum atomic E-state index is 5.86. The number of unbranched alkanes of at least 4 members (excludes halogenated alkanes) is 8. The van der Waals surface area contributed by atoms with Gasteiger partial charge < -0.3 is 4.90 Å². The second-order valence-electron chi connectivity index (χ2n) is 7.10. The van der Waals surface area contributed by atoms with Crippen LogP contribution in [0.5, 0.6) is 0 Å². The fourth-order valence-electron chi connectivity index (χ4n) is 2.85. The minimum absolute atomic E-state index is 1.11. The molecule has 4 heteroatoms. The van der Waals surface area contributed by atoms with Crippen LogP contribution in [-0.4, -0.2) is 39.7 Å². The van der Waals surface area contributed by atoms with Crippen LogP contribution in [0.25, 0.3) is 0 Å². The molecule has 25 heavy (non-hydrogen) atoms. The third-order valence-electron chi connectivity index (χ3n) is 4.55. The average Bonchev–Trinajstić information content (AvgIpc) is 2.60. The predicted molar refractivity (Wildman–Crippen MR) is 121 cm³/mol. The molecule has 0 atom stereocenters. The third-order valence-corrected chi connectivity index (χ3v) is 6.07. The molecule has 0 bridgehead atoms. The zero-order chi connectivity index (χ0) is 18.8. The molecule has 0 spiro atoms. The summed E-state index contributed by atoms with van der Waals surface area (Å²) in [5, 5.41) is 0. The molecule has 0 aliphatic rings. The quantitative estimate of drug-likeness (QED) is 0.147. The molecule has 0 aromatic carbocycles. The number of nitrogens with zero attached hydrogens (tertiary/aromatic N) is 2. The van der Waals surface area contributed by atoms with Crippen molar-refractivity contribution in [3.63, 3.8) is 0 Å². The molecule has 0 radical (unpaired) electrons. The molecular weight excluding hydrogens is 344 g/mol. The third kappa shape index (κ3) is 15.0. The molecule has 0 aromatic heterocycles. The van der Waals surface area contributed by atoms with Gasteiger partial charge in [-0.25, -0.2) is 4.31 Å². The molecule has 2 nitrogen and oxygen atoms in total. The van der Waals surface area contributed by atoms with Crippen LogP contribution < -0.4 is 0 Å². The Morgan fingerprint density at radius 2 is 0.960 bits per heavy atom. The molecule has 0 aromatic rings. The SMILES string of the molecule is CCCCCN(CCCCC)SC(=S)N(CCCCC)CCCCC. The molecule has 0 amide bonds. The summed E-state index contributed by atoms with van der Waals surface area (Å²) in [6.45, 7) is 13.8. The van der Waals surface area contributed by atoms with E-state index in [0.717, 1.165) is 17.4 Å². The summed E-state index contributed by atoms with van der Waals surface area (Å²) in [5.41, 5.74) is 0. The second-order valence-corrected chi connectivity index (χ2v) is 8.83. The summed E-state index contributed by atoms with van der Waals surface area (Å²) >= 11 is 7.72. The molecular formula is C21H44N2S2. The summed E-state index contributed by atoms with van der Waals surface area (Å²) in [6.07, 6.45) is 15.6. The number of hydrogen-bond acceptors (Lipinski definition) is 3. The van der Waals surface area contributed by atoms with E-state index in [9.17, 15) is 0 Å². The van der Waals surface area contributed by atoms with Crippen LogP contribution in [0.1, 0.15) is 105 Å². The molecule has 0 N–H and O–H groups in total. The first-order chi connectivity index (χ1) is 12.2. The van der Waals surface area contributed by atoms with Crippen LogP contribution in [-0.2, 0) is 0 Å². The highest BCUT2D eigenvalue weighted by Crippen LogP contribution is 2.19. The smallest absolute Gasteiger partial charge is 0.151 e. The first-order valence-corrected chi connectivity index (χ1v) is 12.1. The van der Waals surface area contributed by atoms with Gasteiger partial charge in [-0.05, 0) is 37.6 Å². The first-order valence-electron chi connectivity index (χ1n) is 10.9. The van der Waals surface area contributed by atoms with Crippen LogP contribution in [0.4, 0.5) is 0 Å². The molecule has 0 unspecified atom stereocenters. The minimum Gasteiger partial charge on any atom is -0.356 e. The molecule has 0 saturated heterocycles. The van der Waals surface area contributed by atoms with Gasteiger partial charge in [-0.3, -0.25) is 0 Å². The van der Waals surface area contributed by atoms with Crippen LogP contribution in [0, 0.1) is 0 Å².